The fourth-order valence-electron chi connectivity index (χ4n) is 5.59. The Morgan fingerprint density at radius 1 is 0.973 bits per heavy atom. The molecule has 1 heterocycles. The number of aryl methyl sites for hydroxylation is 2. The molecule has 1 aliphatic rings. The number of fused-ring (bicyclic) bond motifs is 2. The van der Waals surface area contributed by atoms with Crippen LogP contribution in [0.3, 0.4) is 0 Å². The minimum Gasteiger partial charge on any atom is -0.490 e. The van der Waals surface area contributed by atoms with E-state index < -0.39 is 0 Å². The topological polar surface area (TPSA) is 47.6 Å². The molecule has 5 rings (SSSR count). The molecule has 0 fully saturated rings. The first-order chi connectivity index (χ1) is 18.0. The molecule has 0 aromatic heterocycles. The van der Waals surface area contributed by atoms with Gasteiger partial charge in [0, 0.05) is 17.5 Å². The Hall–Kier alpha value is -3.63. The van der Waals surface area contributed by atoms with Gasteiger partial charge in [-0.2, -0.15) is 0 Å². The van der Waals surface area contributed by atoms with Crippen molar-refractivity contribution in [1.82, 2.24) is 5.32 Å². The second-order valence-corrected chi connectivity index (χ2v) is 10.1. The Labute approximate surface area is 219 Å². The summed E-state index contributed by atoms with van der Waals surface area (Å²) in [6.45, 7) is 7.20. The van der Waals surface area contributed by atoms with Gasteiger partial charge < -0.3 is 14.8 Å². The second kappa shape index (κ2) is 10.8. The maximum absolute atomic E-state index is 12.3. The monoisotopic (exact) mass is 493 g/mol. The van der Waals surface area contributed by atoms with Crippen LogP contribution >= 0.6 is 0 Å². The van der Waals surface area contributed by atoms with Crippen LogP contribution < -0.4 is 10.1 Å². The first-order valence-corrected chi connectivity index (χ1v) is 13.1. The third kappa shape index (κ3) is 5.12. The Balaban J connectivity index is 1.32. The average molecular weight is 494 g/mol. The summed E-state index contributed by atoms with van der Waals surface area (Å²) in [5.41, 5.74) is 6.48. The van der Waals surface area contributed by atoms with E-state index in [1.807, 2.05) is 25.1 Å². The number of benzene rings is 4. The quantitative estimate of drug-likeness (QED) is 0.275. The predicted molar refractivity (Wildman–Crippen MR) is 150 cm³/mol. The van der Waals surface area contributed by atoms with Crippen LogP contribution in [0.5, 0.6) is 5.75 Å². The highest BCUT2D eigenvalue weighted by Crippen LogP contribution is 2.41. The number of carbonyl (C=O) groups excluding carboxylic acids is 1. The number of para-hydroxylation sites is 1. The molecule has 1 N–H and O–H groups in total. The Kier molecular flexibility index (Phi) is 7.29. The van der Waals surface area contributed by atoms with Gasteiger partial charge in [0.2, 0.25) is 0 Å². The van der Waals surface area contributed by atoms with Crippen molar-refractivity contribution >= 4 is 16.7 Å². The van der Waals surface area contributed by atoms with E-state index in [0.717, 1.165) is 36.3 Å². The lowest BCUT2D eigenvalue weighted by molar-refractivity contribution is 0.0599. The lowest BCUT2D eigenvalue weighted by Crippen LogP contribution is -2.31. The van der Waals surface area contributed by atoms with Crippen LogP contribution in [-0.2, 0) is 4.74 Å². The molecule has 37 heavy (non-hydrogen) atoms. The van der Waals surface area contributed by atoms with E-state index in [1.165, 1.54) is 34.6 Å². The Bertz CT molecular complexity index is 1430. The van der Waals surface area contributed by atoms with Crippen molar-refractivity contribution in [3.05, 3.63) is 112 Å². The van der Waals surface area contributed by atoms with Crippen molar-refractivity contribution in [3.63, 3.8) is 0 Å². The zero-order chi connectivity index (χ0) is 25.9. The SMILES string of the molecule is COC(=O)c1cc(C2CC(CCNC(C)c3ccc(C)c4ccccc34)Oc3ccccc32)ccc1C. The number of carbonyl (C=O) groups is 1. The van der Waals surface area contributed by atoms with Crippen molar-refractivity contribution in [1.29, 1.82) is 0 Å². The summed E-state index contributed by atoms with van der Waals surface area (Å²) in [4.78, 5) is 12.3. The van der Waals surface area contributed by atoms with E-state index in [2.05, 4.69) is 79.8 Å². The van der Waals surface area contributed by atoms with Gasteiger partial charge in [0.1, 0.15) is 11.9 Å². The standard InChI is InChI=1S/C33H35NO3/c1-21-14-16-27(28-10-6-5-9-26(21)28)23(3)34-18-17-25-20-31(29-11-7-8-12-32(29)37-25)24-15-13-22(2)30(19-24)33(35)36-4/h5-16,19,23,25,31,34H,17-18,20H2,1-4H3. The average Bonchev–Trinajstić information content (AvgIpc) is 2.93. The maximum atomic E-state index is 12.3. The van der Waals surface area contributed by atoms with Crippen molar-refractivity contribution in [2.24, 2.45) is 0 Å². The maximum Gasteiger partial charge on any atom is 0.338 e. The van der Waals surface area contributed by atoms with Crippen molar-refractivity contribution in [2.45, 2.75) is 51.7 Å². The molecule has 4 nitrogen and oxygen atoms in total. The molecular formula is C33H35NO3. The summed E-state index contributed by atoms with van der Waals surface area (Å²) < 4.78 is 11.5. The van der Waals surface area contributed by atoms with Crippen molar-refractivity contribution in [2.75, 3.05) is 13.7 Å². The van der Waals surface area contributed by atoms with Crippen molar-refractivity contribution in [3.8, 4) is 5.75 Å². The highest BCUT2D eigenvalue weighted by molar-refractivity contribution is 5.91. The highest BCUT2D eigenvalue weighted by atomic mass is 16.5. The molecule has 4 heteroatoms. The van der Waals surface area contributed by atoms with Gasteiger partial charge in [0.05, 0.1) is 12.7 Å². The van der Waals surface area contributed by atoms with Crippen LogP contribution in [0, 0.1) is 13.8 Å². The molecule has 0 amide bonds. The number of methoxy groups -OCH3 is 1. The van der Waals surface area contributed by atoms with Gasteiger partial charge in [-0.25, -0.2) is 4.79 Å². The summed E-state index contributed by atoms with van der Waals surface area (Å²) in [5.74, 6) is 0.803. The fourth-order valence-corrected chi connectivity index (χ4v) is 5.59. The lowest BCUT2D eigenvalue weighted by atomic mass is 9.82. The number of hydrogen-bond acceptors (Lipinski definition) is 4. The normalized spacial score (nSPS) is 17.6. The molecule has 0 saturated carbocycles. The molecule has 4 aromatic carbocycles. The molecule has 3 atom stereocenters. The minimum absolute atomic E-state index is 0.0808. The van der Waals surface area contributed by atoms with Crippen LogP contribution in [0.25, 0.3) is 10.8 Å². The highest BCUT2D eigenvalue weighted by Gasteiger charge is 2.30. The summed E-state index contributed by atoms with van der Waals surface area (Å²) in [6.07, 6.45) is 1.84. The Morgan fingerprint density at radius 3 is 2.51 bits per heavy atom. The molecule has 4 aromatic rings. The van der Waals surface area contributed by atoms with Gasteiger partial charge in [-0.05, 0) is 85.3 Å². The summed E-state index contributed by atoms with van der Waals surface area (Å²) >= 11 is 0. The minimum atomic E-state index is -0.293. The molecular weight excluding hydrogens is 458 g/mol. The number of nitrogens with one attached hydrogen (secondary N) is 1. The number of hydrogen-bond donors (Lipinski definition) is 1. The van der Waals surface area contributed by atoms with Gasteiger partial charge in [0.15, 0.2) is 0 Å². The predicted octanol–water partition coefficient (Wildman–Crippen LogP) is 7.27. The number of ether oxygens (including phenoxy) is 2. The summed E-state index contributed by atoms with van der Waals surface area (Å²) in [7, 11) is 1.43. The van der Waals surface area contributed by atoms with E-state index >= 15 is 0 Å². The second-order valence-electron chi connectivity index (χ2n) is 10.1. The van der Waals surface area contributed by atoms with Gasteiger partial charge in [-0.15, -0.1) is 0 Å². The molecule has 0 spiro atoms. The van der Waals surface area contributed by atoms with E-state index in [0.29, 0.717) is 5.56 Å². The number of rotatable bonds is 7. The van der Waals surface area contributed by atoms with E-state index in [9.17, 15) is 4.79 Å². The molecule has 190 valence electrons. The van der Waals surface area contributed by atoms with Gasteiger partial charge in [0.25, 0.3) is 0 Å². The Morgan fingerprint density at radius 2 is 1.70 bits per heavy atom. The first-order valence-electron chi connectivity index (χ1n) is 13.1. The fraction of sp³-hybridized carbons (Fsp3) is 0.303. The third-order valence-corrected chi connectivity index (χ3v) is 7.72. The summed E-state index contributed by atoms with van der Waals surface area (Å²) in [6, 6.07) is 27.7. The van der Waals surface area contributed by atoms with Gasteiger partial charge >= 0.3 is 5.97 Å². The van der Waals surface area contributed by atoms with Crippen LogP contribution in [0.2, 0.25) is 0 Å². The molecule has 0 bridgehead atoms. The van der Waals surface area contributed by atoms with Crippen LogP contribution in [0.15, 0.2) is 78.9 Å². The zero-order valence-corrected chi connectivity index (χ0v) is 22.1. The van der Waals surface area contributed by atoms with Crippen LogP contribution in [-0.4, -0.2) is 25.7 Å². The lowest BCUT2D eigenvalue weighted by Gasteiger charge is -2.33. The molecule has 0 radical (unpaired) electrons. The van der Waals surface area contributed by atoms with E-state index in [-0.39, 0.29) is 24.0 Å². The summed E-state index contributed by atoms with van der Waals surface area (Å²) in [5, 5.41) is 6.36. The molecule has 1 aliphatic heterocycles. The molecule has 0 aliphatic carbocycles. The first kappa shape index (κ1) is 25.0. The number of esters is 1. The molecule has 0 saturated heterocycles. The smallest absolute Gasteiger partial charge is 0.338 e. The van der Waals surface area contributed by atoms with Gasteiger partial charge in [-0.3, -0.25) is 0 Å². The van der Waals surface area contributed by atoms with Gasteiger partial charge in [-0.1, -0.05) is 66.7 Å². The van der Waals surface area contributed by atoms with E-state index in [4.69, 9.17) is 9.47 Å². The van der Waals surface area contributed by atoms with Crippen molar-refractivity contribution < 1.29 is 14.3 Å². The van der Waals surface area contributed by atoms with Crippen LogP contribution in [0.1, 0.15) is 69.9 Å². The van der Waals surface area contributed by atoms with Crippen LogP contribution in [0.4, 0.5) is 0 Å². The molecule has 3 unspecified atom stereocenters. The van der Waals surface area contributed by atoms with E-state index in [1.54, 1.807) is 0 Å². The largest absolute Gasteiger partial charge is 0.490 e. The third-order valence-electron chi connectivity index (χ3n) is 7.72. The zero-order valence-electron chi connectivity index (χ0n) is 22.1.